The molecule has 3 rings (SSSR count). The Balaban J connectivity index is 1.76. The number of aromatic nitrogens is 1. The van der Waals surface area contributed by atoms with Gasteiger partial charge in [0, 0.05) is 31.3 Å². The molecule has 0 spiro atoms. The molecule has 2 heterocycles. The van der Waals surface area contributed by atoms with E-state index in [-0.39, 0.29) is 5.91 Å². The Kier molecular flexibility index (Phi) is 3.26. The number of fused-ring (bicyclic) bond motifs is 1. The van der Waals surface area contributed by atoms with E-state index in [1.807, 2.05) is 19.9 Å². The second-order valence-electron chi connectivity index (χ2n) is 5.22. The predicted octanol–water partition coefficient (Wildman–Crippen LogP) is 3.04. The van der Waals surface area contributed by atoms with Crippen molar-refractivity contribution in [2.45, 2.75) is 26.1 Å². The molecule has 22 heavy (non-hydrogen) atoms. The number of hydrogen-bond acceptors (Lipinski definition) is 4. The lowest BCUT2D eigenvalue weighted by Crippen LogP contribution is -2.33. The second kappa shape index (κ2) is 5.11. The van der Waals surface area contributed by atoms with Gasteiger partial charge >= 0.3 is 0 Å². The summed E-state index contributed by atoms with van der Waals surface area (Å²) in [5.74, 6) is 0.312. The van der Waals surface area contributed by atoms with E-state index in [9.17, 15) is 4.79 Å². The van der Waals surface area contributed by atoms with E-state index in [0.29, 0.717) is 34.9 Å². The fourth-order valence-corrected chi connectivity index (χ4v) is 2.17. The maximum Gasteiger partial charge on any atom is 0.257 e. The van der Waals surface area contributed by atoms with Crippen LogP contribution in [-0.4, -0.2) is 16.7 Å². The maximum absolute atomic E-state index is 12.1. The number of anilines is 1. The average Bonchev–Trinajstić information content (AvgIpc) is 3.10. The topological polar surface area (TPSA) is 87.1 Å². The zero-order valence-electron chi connectivity index (χ0n) is 12.3. The lowest BCUT2D eigenvalue weighted by atomic mass is 10.2. The molecule has 0 saturated heterocycles. The van der Waals surface area contributed by atoms with Crippen LogP contribution in [0, 0.1) is 11.3 Å². The Hall–Kier alpha value is -2.94. The van der Waals surface area contributed by atoms with Gasteiger partial charge < -0.3 is 19.8 Å². The molecule has 1 aliphatic rings. The van der Waals surface area contributed by atoms with E-state index in [1.54, 1.807) is 18.2 Å². The SMILES string of the molecule is CC[C@@]1(C)Oc2ccc(NC(=O)c3c[nH]c(C#N)c3)cc2O1. The summed E-state index contributed by atoms with van der Waals surface area (Å²) in [6.45, 7) is 3.85. The van der Waals surface area contributed by atoms with Gasteiger partial charge in [-0.1, -0.05) is 6.92 Å². The monoisotopic (exact) mass is 297 g/mol. The molecule has 0 fully saturated rings. The van der Waals surface area contributed by atoms with Crippen LogP contribution in [0.2, 0.25) is 0 Å². The first kappa shape index (κ1) is 14.0. The van der Waals surface area contributed by atoms with Gasteiger partial charge in [-0.05, 0) is 18.2 Å². The fraction of sp³-hybridized carbons (Fsp3) is 0.250. The number of amides is 1. The molecule has 2 N–H and O–H groups in total. The number of H-pyrrole nitrogens is 1. The van der Waals surface area contributed by atoms with Crippen LogP contribution < -0.4 is 14.8 Å². The van der Waals surface area contributed by atoms with Crippen molar-refractivity contribution in [1.29, 1.82) is 5.26 Å². The highest BCUT2D eigenvalue weighted by atomic mass is 16.7. The molecule has 1 amide bonds. The number of aromatic amines is 1. The van der Waals surface area contributed by atoms with Crippen molar-refractivity contribution in [1.82, 2.24) is 4.98 Å². The van der Waals surface area contributed by atoms with Crippen LogP contribution in [0.3, 0.4) is 0 Å². The van der Waals surface area contributed by atoms with Crippen molar-refractivity contribution in [3.05, 3.63) is 41.7 Å². The van der Waals surface area contributed by atoms with Gasteiger partial charge in [0.2, 0.25) is 5.79 Å². The van der Waals surface area contributed by atoms with Crippen LogP contribution in [0.5, 0.6) is 11.5 Å². The molecule has 0 saturated carbocycles. The number of carbonyl (C=O) groups excluding carboxylic acids is 1. The first-order valence-electron chi connectivity index (χ1n) is 6.95. The first-order chi connectivity index (χ1) is 10.5. The van der Waals surface area contributed by atoms with Crippen molar-refractivity contribution in [3.8, 4) is 17.6 Å². The minimum absolute atomic E-state index is 0.296. The standard InChI is InChI=1S/C16H15N3O3/c1-3-16(2)21-13-5-4-11(7-14(13)22-16)19-15(20)10-6-12(8-17)18-9-10/h4-7,9,18H,3H2,1-2H3,(H,19,20)/t16-/m0/s1. The molecule has 0 unspecified atom stereocenters. The minimum Gasteiger partial charge on any atom is -0.449 e. The quantitative estimate of drug-likeness (QED) is 0.911. The van der Waals surface area contributed by atoms with E-state index in [4.69, 9.17) is 14.7 Å². The molecule has 0 bridgehead atoms. The summed E-state index contributed by atoms with van der Waals surface area (Å²) in [6, 6.07) is 8.68. The van der Waals surface area contributed by atoms with Crippen molar-refractivity contribution >= 4 is 11.6 Å². The largest absolute Gasteiger partial charge is 0.449 e. The zero-order valence-corrected chi connectivity index (χ0v) is 12.3. The summed E-state index contributed by atoms with van der Waals surface area (Å²) in [4.78, 5) is 14.8. The van der Waals surface area contributed by atoms with E-state index in [2.05, 4.69) is 10.3 Å². The first-order valence-corrected chi connectivity index (χ1v) is 6.95. The highest BCUT2D eigenvalue weighted by Crippen LogP contribution is 2.42. The Labute approximate surface area is 127 Å². The summed E-state index contributed by atoms with van der Waals surface area (Å²) < 4.78 is 11.5. The smallest absolute Gasteiger partial charge is 0.257 e. The summed E-state index contributed by atoms with van der Waals surface area (Å²) in [5.41, 5.74) is 1.34. The van der Waals surface area contributed by atoms with Gasteiger partial charge in [-0.2, -0.15) is 5.26 Å². The normalized spacial score (nSPS) is 18.8. The highest BCUT2D eigenvalue weighted by Gasteiger charge is 2.34. The van der Waals surface area contributed by atoms with Crippen molar-refractivity contribution < 1.29 is 14.3 Å². The van der Waals surface area contributed by atoms with Gasteiger partial charge in [-0.3, -0.25) is 4.79 Å². The summed E-state index contributed by atoms with van der Waals surface area (Å²) in [6.07, 6.45) is 2.21. The minimum atomic E-state index is -0.659. The molecule has 0 aliphatic carbocycles. The highest BCUT2D eigenvalue weighted by molar-refractivity contribution is 6.04. The summed E-state index contributed by atoms with van der Waals surface area (Å²) in [5, 5.41) is 11.5. The molecule has 6 nitrogen and oxygen atoms in total. The summed E-state index contributed by atoms with van der Waals surface area (Å²) in [7, 11) is 0. The molecule has 1 atom stereocenters. The molecule has 6 heteroatoms. The Morgan fingerprint density at radius 1 is 1.36 bits per heavy atom. The second-order valence-corrected chi connectivity index (χ2v) is 5.22. The van der Waals surface area contributed by atoms with Gasteiger partial charge in [0.1, 0.15) is 11.8 Å². The van der Waals surface area contributed by atoms with Crippen molar-refractivity contribution in [2.75, 3.05) is 5.32 Å². The van der Waals surface area contributed by atoms with Gasteiger partial charge in [0.15, 0.2) is 11.5 Å². The molecular weight excluding hydrogens is 282 g/mol. The predicted molar refractivity (Wildman–Crippen MR) is 79.9 cm³/mol. The summed E-state index contributed by atoms with van der Waals surface area (Å²) >= 11 is 0. The van der Waals surface area contributed by atoms with Crippen LogP contribution in [-0.2, 0) is 0 Å². The maximum atomic E-state index is 12.1. The molecule has 1 aromatic heterocycles. The molecule has 2 aromatic rings. The Morgan fingerprint density at radius 3 is 2.82 bits per heavy atom. The zero-order chi connectivity index (χ0) is 15.7. The lowest BCUT2D eigenvalue weighted by molar-refractivity contribution is -0.0640. The number of nitrogens with zero attached hydrogens (tertiary/aromatic N) is 1. The molecule has 0 radical (unpaired) electrons. The van der Waals surface area contributed by atoms with Gasteiger partial charge in [0.25, 0.3) is 5.91 Å². The van der Waals surface area contributed by atoms with Gasteiger partial charge in [0.05, 0.1) is 5.56 Å². The number of ether oxygens (including phenoxy) is 2. The van der Waals surface area contributed by atoms with Crippen LogP contribution in [0.25, 0.3) is 0 Å². The van der Waals surface area contributed by atoms with Crippen LogP contribution in [0.15, 0.2) is 30.5 Å². The number of carbonyl (C=O) groups is 1. The average molecular weight is 297 g/mol. The number of nitriles is 1. The van der Waals surface area contributed by atoms with E-state index < -0.39 is 5.79 Å². The molecule has 112 valence electrons. The van der Waals surface area contributed by atoms with E-state index in [1.165, 1.54) is 12.3 Å². The number of rotatable bonds is 3. The van der Waals surface area contributed by atoms with E-state index >= 15 is 0 Å². The van der Waals surface area contributed by atoms with E-state index in [0.717, 1.165) is 0 Å². The van der Waals surface area contributed by atoms with Gasteiger partial charge in [-0.15, -0.1) is 0 Å². The van der Waals surface area contributed by atoms with Crippen molar-refractivity contribution in [3.63, 3.8) is 0 Å². The molecular formula is C16H15N3O3. The number of hydrogen-bond donors (Lipinski definition) is 2. The number of nitrogens with one attached hydrogen (secondary N) is 2. The molecule has 1 aliphatic heterocycles. The Morgan fingerprint density at radius 2 is 2.14 bits per heavy atom. The number of benzene rings is 1. The third-order valence-electron chi connectivity index (χ3n) is 3.56. The third-order valence-corrected chi connectivity index (χ3v) is 3.56. The fourth-order valence-electron chi connectivity index (χ4n) is 2.17. The third kappa shape index (κ3) is 2.49. The molecule has 1 aromatic carbocycles. The lowest BCUT2D eigenvalue weighted by Gasteiger charge is -2.20. The van der Waals surface area contributed by atoms with Crippen molar-refractivity contribution in [2.24, 2.45) is 0 Å². The van der Waals surface area contributed by atoms with Crippen LogP contribution >= 0.6 is 0 Å². The van der Waals surface area contributed by atoms with Gasteiger partial charge in [-0.25, -0.2) is 0 Å². The van der Waals surface area contributed by atoms with Crippen LogP contribution in [0.1, 0.15) is 36.3 Å². The van der Waals surface area contributed by atoms with Crippen LogP contribution in [0.4, 0.5) is 5.69 Å². The Bertz CT molecular complexity index is 775.